The molecule has 0 aliphatic heterocycles. The summed E-state index contributed by atoms with van der Waals surface area (Å²) in [7, 11) is 0. The van der Waals surface area contributed by atoms with E-state index in [2.05, 4.69) is 19.0 Å². The predicted molar refractivity (Wildman–Crippen MR) is 66.2 cm³/mol. The van der Waals surface area contributed by atoms with Crippen molar-refractivity contribution in [2.24, 2.45) is 5.92 Å². The van der Waals surface area contributed by atoms with E-state index in [1.165, 1.54) is 12.4 Å². The van der Waals surface area contributed by atoms with Crippen LogP contribution in [-0.2, 0) is 4.79 Å². The third-order valence-electron chi connectivity index (χ3n) is 2.18. The number of pyridine rings is 1. The van der Waals surface area contributed by atoms with Crippen molar-refractivity contribution in [3.63, 3.8) is 0 Å². The van der Waals surface area contributed by atoms with Gasteiger partial charge in [0, 0.05) is 6.20 Å². The highest BCUT2D eigenvalue weighted by Crippen LogP contribution is 2.10. The number of aromatic nitrogens is 3. The van der Waals surface area contributed by atoms with Crippen LogP contribution in [0.2, 0.25) is 0 Å². The lowest BCUT2D eigenvalue weighted by atomic mass is 10.0. The van der Waals surface area contributed by atoms with Gasteiger partial charge in [-0.25, -0.2) is 4.98 Å². The van der Waals surface area contributed by atoms with E-state index in [1.807, 2.05) is 0 Å². The number of nitrogens with zero attached hydrogens (tertiary/aromatic N) is 4. The van der Waals surface area contributed by atoms with E-state index in [0.717, 1.165) is 11.7 Å². The van der Waals surface area contributed by atoms with Gasteiger partial charge in [0.15, 0.2) is 5.92 Å². The molecule has 8 heteroatoms. The van der Waals surface area contributed by atoms with Gasteiger partial charge in [0.05, 0.1) is 24.0 Å². The van der Waals surface area contributed by atoms with Crippen LogP contribution in [0.1, 0.15) is 10.5 Å². The molecule has 0 fully saturated rings. The molecule has 19 heavy (non-hydrogen) atoms. The SMILES string of the molecule is N#C[C@@H](C(=O)Nc1ccccn1)C(=O)c1cnsn1. The van der Waals surface area contributed by atoms with Crippen molar-refractivity contribution in [3.8, 4) is 6.07 Å². The first-order chi connectivity index (χ1) is 9.22. The summed E-state index contributed by atoms with van der Waals surface area (Å²) < 4.78 is 7.37. The first-order valence-corrected chi connectivity index (χ1v) is 5.88. The molecule has 1 N–H and O–H groups in total. The van der Waals surface area contributed by atoms with Crippen LogP contribution in [0.25, 0.3) is 0 Å². The van der Waals surface area contributed by atoms with Crippen LogP contribution in [0.4, 0.5) is 5.82 Å². The van der Waals surface area contributed by atoms with E-state index in [-0.39, 0.29) is 11.5 Å². The average molecular weight is 273 g/mol. The Kier molecular flexibility index (Phi) is 3.90. The summed E-state index contributed by atoms with van der Waals surface area (Å²) in [6.07, 6.45) is 2.72. The minimum atomic E-state index is -1.47. The summed E-state index contributed by atoms with van der Waals surface area (Å²) in [5.74, 6) is -2.60. The summed E-state index contributed by atoms with van der Waals surface area (Å²) in [5.41, 5.74) is 0.00715. The van der Waals surface area contributed by atoms with Gasteiger partial charge in [-0.15, -0.1) is 0 Å². The molecule has 1 atom stereocenters. The number of carbonyl (C=O) groups excluding carboxylic acids is 2. The Balaban J connectivity index is 2.13. The van der Waals surface area contributed by atoms with Gasteiger partial charge in [-0.05, 0) is 12.1 Å². The van der Waals surface area contributed by atoms with Crippen molar-refractivity contribution in [1.82, 2.24) is 13.7 Å². The Labute approximate surface area is 112 Å². The number of amides is 1. The fourth-order valence-electron chi connectivity index (χ4n) is 1.29. The standard InChI is InChI=1S/C11H7N5O2S/c12-5-7(10(17)8-6-14-19-16-8)11(18)15-9-3-1-2-4-13-9/h1-4,6-7H,(H,13,15,18)/t7-/m1/s1. The highest BCUT2D eigenvalue weighted by atomic mass is 32.1. The van der Waals surface area contributed by atoms with Gasteiger partial charge in [-0.1, -0.05) is 6.07 Å². The molecule has 0 bridgehead atoms. The molecule has 0 aromatic carbocycles. The third kappa shape index (κ3) is 2.97. The zero-order valence-corrected chi connectivity index (χ0v) is 10.3. The quantitative estimate of drug-likeness (QED) is 0.654. The first-order valence-electron chi connectivity index (χ1n) is 5.15. The number of hydrogen-bond donors (Lipinski definition) is 1. The monoisotopic (exact) mass is 273 g/mol. The number of rotatable bonds is 4. The molecule has 0 aliphatic carbocycles. The van der Waals surface area contributed by atoms with E-state index in [9.17, 15) is 9.59 Å². The molecule has 7 nitrogen and oxygen atoms in total. The molecular formula is C11H7N5O2S. The van der Waals surface area contributed by atoms with Gasteiger partial charge < -0.3 is 5.32 Å². The van der Waals surface area contributed by atoms with Gasteiger partial charge in [-0.3, -0.25) is 9.59 Å². The summed E-state index contributed by atoms with van der Waals surface area (Å²) in [4.78, 5) is 27.6. The van der Waals surface area contributed by atoms with Crippen LogP contribution in [0.5, 0.6) is 0 Å². The van der Waals surface area contributed by atoms with Crippen molar-refractivity contribution in [3.05, 3.63) is 36.3 Å². The number of anilines is 1. The van der Waals surface area contributed by atoms with Crippen LogP contribution in [0, 0.1) is 17.2 Å². The molecule has 2 rings (SSSR count). The lowest BCUT2D eigenvalue weighted by molar-refractivity contribution is -0.117. The smallest absolute Gasteiger partial charge is 0.250 e. The Bertz CT molecular complexity index is 620. The lowest BCUT2D eigenvalue weighted by Gasteiger charge is -2.07. The highest BCUT2D eigenvalue weighted by molar-refractivity contribution is 6.99. The molecule has 0 saturated carbocycles. The Morgan fingerprint density at radius 3 is 2.84 bits per heavy atom. The number of nitriles is 1. The largest absolute Gasteiger partial charge is 0.309 e. The molecule has 0 radical (unpaired) electrons. The molecule has 0 spiro atoms. The normalized spacial score (nSPS) is 11.3. The molecule has 2 aromatic rings. The summed E-state index contributed by atoms with van der Waals surface area (Å²) in [5, 5.41) is 11.3. The molecule has 94 valence electrons. The van der Waals surface area contributed by atoms with Gasteiger partial charge in [-0.2, -0.15) is 14.0 Å². The van der Waals surface area contributed by atoms with E-state index in [1.54, 1.807) is 24.3 Å². The second-order valence-electron chi connectivity index (χ2n) is 3.42. The zero-order chi connectivity index (χ0) is 13.7. The van der Waals surface area contributed by atoms with Crippen LogP contribution in [0.3, 0.4) is 0 Å². The van der Waals surface area contributed by atoms with Crippen molar-refractivity contribution in [2.45, 2.75) is 0 Å². The second-order valence-corrected chi connectivity index (χ2v) is 3.98. The molecule has 0 aliphatic rings. The lowest BCUT2D eigenvalue weighted by Crippen LogP contribution is -2.29. The fourth-order valence-corrected chi connectivity index (χ4v) is 1.71. The van der Waals surface area contributed by atoms with Crippen molar-refractivity contribution in [1.29, 1.82) is 5.26 Å². The molecule has 0 saturated heterocycles. The fraction of sp³-hybridized carbons (Fsp3) is 0.0909. The van der Waals surface area contributed by atoms with Gasteiger partial charge in [0.1, 0.15) is 11.5 Å². The molecule has 2 aromatic heterocycles. The van der Waals surface area contributed by atoms with Gasteiger partial charge in [0.25, 0.3) is 5.91 Å². The van der Waals surface area contributed by atoms with E-state index in [0.29, 0.717) is 0 Å². The average Bonchev–Trinajstić information content (AvgIpc) is 2.94. The van der Waals surface area contributed by atoms with Crippen molar-refractivity contribution >= 4 is 29.2 Å². The Morgan fingerprint density at radius 2 is 2.26 bits per heavy atom. The maximum absolute atomic E-state index is 11.9. The van der Waals surface area contributed by atoms with Crippen LogP contribution >= 0.6 is 11.7 Å². The Hall–Kier alpha value is -2.66. The van der Waals surface area contributed by atoms with Crippen LogP contribution < -0.4 is 5.32 Å². The molecule has 0 unspecified atom stereocenters. The second kappa shape index (κ2) is 5.79. The van der Waals surface area contributed by atoms with E-state index in [4.69, 9.17) is 5.26 Å². The van der Waals surface area contributed by atoms with E-state index >= 15 is 0 Å². The topological polar surface area (TPSA) is 109 Å². The third-order valence-corrected chi connectivity index (χ3v) is 2.66. The minimum Gasteiger partial charge on any atom is -0.309 e. The maximum atomic E-state index is 11.9. The number of Topliss-reactive ketones (excluding diaryl/α,β-unsaturated/α-hetero) is 1. The summed E-state index contributed by atoms with van der Waals surface area (Å²) in [6.45, 7) is 0. The number of carbonyl (C=O) groups is 2. The maximum Gasteiger partial charge on any atom is 0.250 e. The molecule has 2 heterocycles. The van der Waals surface area contributed by atoms with Crippen LogP contribution in [-0.4, -0.2) is 25.4 Å². The Morgan fingerprint density at radius 1 is 1.42 bits per heavy atom. The zero-order valence-electron chi connectivity index (χ0n) is 9.48. The number of hydrogen-bond acceptors (Lipinski definition) is 7. The van der Waals surface area contributed by atoms with Gasteiger partial charge in [0.2, 0.25) is 5.78 Å². The van der Waals surface area contributed by atoms with Crippen molar-refractivity contribution in [2.75, 3.05) is 5.32 Å². The summed E-state index contributed by atoms with van der Waals surface area (Å²) >= 11 is 0.837. The number of nitrogens with one attached hydrogen (secondary N) is 1. The minimum absolute atomic E-state index is 0.00715. The highest BCUT2D eigenvalue weighted by Gasteiger charge is 2.29. The van der Waals surface area contributed by atoms with E-state index < -0.39 is 17.6 Å². The number of ketones is 1. The van der Waals surface area contributed by atoms with Gasteiger partial charge >= 0.3 is 0 Å². The van der Waals surface area contributed by atoms with Crippen LogP contribution in [0.15, 0.2) is 30.6 Å². The first kappa shape index (κ1) is 12.8. The van der Waals surface area contributed by atoms with Crippen molar-refractivity contribution < 1.29 is 9.59 Å². The predicted octanol–water partition coefficient (Wildman–Crippen LogP) is 0.894. The molecular weight excluding hydrogens is 266 g/mol. The summed E-state index contributed by atoms with van der Waals surface area (Å²) in [6, 6.07) is 6.58. The molecule has 1 amide bonds.